The van der Waals surface area contributed by atoms with E-state index in [-0.39, 0.29) is 17.3 Å². The monoisotopic (exact) mass is 258 g/mol. The Labute approximate surface area is 107 Å². The molecule has 8 heteroatoms. The molecule has 0 aliphatic heterocycles. The number of nitrogens with zero attached hydrogens (tertiary/aromatic N) is 4. The second-order valence-electron chi connectivity index (χ2n) is 3.51. The first kappa shape index (κ1) is 12.4. The van der Waals surface area contributed by atoms with E-state index in [1.807, 2.05) is 6.07 Å². The van der Waals surface area contributed by atoms with Crippen LogP contribution in [0.4, 0.5) is 23.0 Å². The average molecular weight is 258 g/mol. The van der Waals surface area contributed by atoms with Crippen LogP contribution < -0.4 is 11.5 Å². The number of anilines is 2. The van der Waals surface area contributed by atoms with Gasteiger partial charge in [0.15, 0.2) is 17.3 Å². The maximum atomic E-state index is 10.7. The van der Waals surface area contributed by atoms with Gasteiger partial charge in [-0.15, -0.1) is 5.11 Å². The second kappa shape index (κ2) is 5.08. The number of rotatable bonds is 3. The number of carboxylic acid groups (broad SMARTS) is 1. The van der Waals surface area contributed by atoms with E-state index in [4.69, 9.17) is 16.6 Å². The third-order valence-corrected chi connectivity index (χ3v) is 2.15. The molecular formula is C11H10N6O2. The summed E-state index contributed by atoms with van der Waals surface area (Å²) in [5, 5.41) is 16.5. The molecule has 0 aliphatic rings. The number of aromatic carboxylic acids is 1. The van der Waals surface area contributed by atoms with Gasteiger partial charge in [0.2, 0.25) is 5.82 Å². The molecule has 0 radical (unpaired) electrons. The van der Waals surface area contributed by atoms with Gasteiger partial charge >= 0.3 is 5.97 Å². The Kier molecular flexibility index (Phi) is 3.33. The van der Waals surface area contributed by atoms with Crippen molar-refractivity contribution in [2.24, 2.45) is 10.2 Å². The molecule has 0 saturated heterocycles. The van der Waals surface area contributed by atoms with Gasteiger partial charge in [-0.25, -0.2) is 14.8 Å². The van der Waals surface area contributed by atoms with Crippen molar-refractivity contribution in [2.75, 3.05) is 11.5 Å². The average Bonchev–Trinajstić information content (AvgIpc) is 2.38. The zero-order valence-electron chi connectivity index (χ0n) is 9.69. The minimum atomic E-state index is -1.31. The highest BCUT2D eigenvalue weighted by atomic mass is 16.4. The molecule has 0 saturated carbocycles. The van der Waals surface area contributed by atoms with Crippen molar-refractivity contribution in [2.45, 2.75) is 0 Å². The van der Waals surface area contributed by atoms with E-state index in [2.05, 4.69) is 20.2 Å². The van der Waals surface area contributed by atoms with E-state index < -0.39 is 11.8 Å². The van der Waals surface area contributed by atoms with E-state index >= 15 is 0 Å². The van der Waals surface area contributed by atoms with Crippen molar-refractivity contribution in [3.8, 4) is 0 Å². The highest BCUT2D eigenvalue weighted by Gasteiger charge is 2.14. The summed E-state index contributed by atoms with van der Waals surface area (Å²) in [6, 6.07) is 8.91. The highest BCUT2D eigenvalue weighted by molar-refractivity contribution is 5.86. The highest BCUT2D eigenvalue weighted by Crippen LogP contribution is 2.28. The van der Waals surface area contributed by atoms with E-state index in [1.165, 1.54) is 0 Å². The zero-order valence-corrected chi connectivity index (χ0v) is 9.69. The van der Waals surface area contributed by atoms with Crippen LogP contribution in [-0.2, 0) is 0 Å². The van der Waals surface area contributed by atoms with Crippen molar-refractivity contribution in [3.05, 3.63) is 36.2 Å². The van der Waals surface area contributed by atoms with Crippen LogP contribution in [0.3, 0.4) is 0 Å². The van der Waals surface area contributed by atoms with Gasteiger partial charge in [0.05, 0.1) is 5.69 Å². The predicted molar refractivity (Wildman–Crippen MR) is 68.4 cm³/mol. The van der Waals surface area contributed by atoms with Crippen LogP contribution in [-0.4, -0.2) is 21.0 Å². The van der Waals surface area contributed by atoms with Crippen molar-refractivity contribution in [1.82, 2.24) is 9.97 Å². The molecule has 96 valence electrons. The maximum Gasteiger partial charge on any atom is 0.374 e. The number of hydrogen-bond donors (Lipinski definition) is 3. The molecule has 8 nitrogen and oxygen atoms in total. The summed E-state index contributed by atoms with van der Waals surface area (Å²) in [7, 11) is 0. The first-order chi connectivity index (χ1) is 9.08. The molecule has 2 rings (SSSR count). The quantitative estimate of drug-likeness (QED) is 0.716. The fourth-order valence-corrected chi connectivity index (χ4v) is 1.29. The number of aromatic nitrogens is 2. The Hall–Kier alpha value is -3.03. The molecule has 1 heterocycles. The Morgan fingerprint density at radius 2 is 1.63 bits per heavy atom. The van der Waals surface area contributed by atoms with Crippen molar-refractivity contribution in [1.29, 1.82) is 0 Å². The zero-order chi connectivity index (χ0) is 13.8. The molecule has 0 amide bonds. The van der Waals surface area contributed by atoms with Gasteiger partial charge in [-0.2, -0.15) is 5.11 Å². The summed E-state index contributed by atoms with van der Waals surface area (Å²) in [5.41, 5.74) is 11.8. The van der Waals surface area contributed by atoms with Crippen LogP contribution in [0, 0.1) is 0 Å². The number of nitrogens with two attached hydrogens (primary N) is 2. The minimum Gasteiger partial charge on any atom is -0.475 e. The molecule has 19 heavy (non-hydrogen) atoms. The van der Waals surface area contributed by atoms with Crippen molar-refractivity contribution in [3.63, 3.8) is 0 Å². The standard InChI is InChI=1S/C11H10N6O2/c12-8-7(9(13)15-10(14-8)11(18)19)17-16-6-4-2-1-3-5-6/h1-5H,(H,18,19)(H4,12,13,14,15). The van der Waals surface area contributed by atoms with Crippen LogP contribution in [0.2, 0.25) is 0 Å². The van der Waals surface area contributed by atoms with Gasteiger partial charge < -0.3 is 16.6 Å². The number of carboxylic acids is 1. The Morgan fingerprint density at radius 3 is 2.16 bits per heavy atom. The van der Waals surface area contributed by atoms with Crippen LogP contribution >= 0.6 is 0 Å². The van der Waals surface area contributed by atoms with Crippen molar-refractivity contribution >= 4 is 29.0 Å². The topological polar surface area (TPSA) is 140 Å². The molecule has 1 aromatic heterocycles. The van der Waals surface area contributed by atoms with E-state index in [0.717, 1.165) is 0 Å². The van der Waals surface area contributed by atoms with Gasteiger partial charge in [0.25, 0.3) is 0 Å². The smallest absolute Gasteiger partial charge is 0.374 e. The third-order valence-electron chi connectivity index (χ3n) is 2.15. The van der Waals surface area contributed by atoms with Crippen molar-refractivity contribution < 1.29 is 9.90 Å². The number of benzene rings is 1. The molecule has 0 bridgehead atoms. The molecular weight excluding hydrogens is 248 g/mol. The first-order valence-corrected chi connectivity index (χ1v) is 5.21. The van der Waals surface area contributed by atoms with Gasteiger partial charge in [-0.3, -0.25) is 0 Å². The molecule has 0 atom stereocenters. The number of azo groups is 1. The Bertz CT molecular complexity index is 618. The SMILES string of the molecule is Nc1nc(C(=O)O)nc(N)c1N=Nc1ccccc1. The number of carbonyl (C=O) groups is 1. The fraction of sp³-hybridized carbons (Fsp3) is 0. The second-order valence-corrected chi connectivity index (χ2v) is 3.51. The number of hydrogen-bond acceptors (Lipinski definition) is 7. The van der Waals surface area contributed by atoms with E-state index in [9.17, 15) is 4.79 Å². The summed E-state index contributed by atoms with van der Waals surface area (Å²) in [5.74, 6) is -2.06. The summed E-state index contributed by atoms with van der Waals surface area (Å²) in [4.78, 5) is 17.9. The van der Waals surface area contributed by atoms with E-state index in [1.54, 1.807) is 24.3 Å². The van der Waals surface area contributed by atoms with Gasteiger partial charge in [-0.05, 0) is 12.1 Å². The summed E-state index contributed by atoms with van der Waals surface area (Å²) in [6.07, 6.45) is 0. The minimum absolute atomic E-state index is 0.0499. The van der Waals surface area contributed by atoms with Crippen LogP contribution in [0.5, 0.6) is 0 Å². The lowest BCUT2D eigenvalue weighted by Crippen LogP contribution is -2.09. The van der Waals surface area contributed by atoms with Gasteiger partial charge in [0, 0.05) is 0 Å². The summed E-state index contributed by atoms with van der Waals surface area (Å²) < 4.78 is 0. The third kappa shape index (κ3) is 2.80. The van der Waals surface area contributed by atoms with Crippen LogP contribution in [0.1, 0.15) is 10.6 Å². The lowest BCUT2D eigenvalue weighted by molar-refractivity contribution is 0.0684. The molecule has 0 aliphatic carbocycles. The first-order valence-electron chi connectivity index (χ1n) is 5.21. The van der Waals surface area contributed by atoms with Gasteiger partial charge in [-0.1, -0.05) is 18.2 Å². The maximum absolute atomic E-state index is 10.7. The van der Waals surface area contributed by atoms with Crippen LogP contribution in [0.15, 0.2) is 40.6 Å². The molecule has 0 unspecified atom stereocenters. The largest absolute Gasteiger partial charge is 0.475 e. The summed E-state index contributed by atoms with van der Waals surface area (Å²) >= 11 is 0. The Balaban J connectivity index is 2.36. The molecule has 0 spiro atoms. The fourth-order valence-electron chi connectivity index (χ4n) is 1.29. The van der Waals surface area contributed by atoms with Gasteiger partial charge in [0.1, 0.15) is 0 Å². The lowest BCUT2D eigenvalue weighted by Gasteiger charge is -2.02. The normalized spacial score (nSPS) is 10.7. The lowest BCUT2D eigenvalue weighted by atomic mass is 10.3. The number of nitrogen functional groups attached to an aromatic ring is 2. The molecule has 5 N–H and O–H groups in total. The Morgan fingerprint density at radius 1 is 1.05 bits per heavy atom. The molecule has 0 fully saturated rings. The predicted octanol–water partition coefficient (Wildman–Crippen LogP) is 1.75. The molecule has 2 aromatic rings. The summed E-state index contributed by atoms with van der Waals surface area (Å²) in [6.45, 7) is 0. The van der Waals surface area contributed by atoms with Crippen LogP contribution in [0.25, 0.3) is 0 Å². The molecule has 1 aromatic carbocycles. The van der Waals surface area contributed by atoms with E-state index in [0.29, 0.717) is 5.69 Å².